The second kappa shape index (κ2) is 9.40. The number of anilines is 1. The highest BCUT2D eigenvalue weighted by Crippen LogP contribution is 2.24. The molecule has 0 radical (unpaired) electrons. The number of hydrogen-bond donors (Lipinski definition) is 1. The summed E-state index contributed by atoms with van der Waals surface area (Å²) in [4.78, 5) is 17.4. The lowest BCUT2D eigenvalue weighted by molar-refractivity contribution is -0.126. The summed E-state index contributed by atoms with van der Waals surface area (Å²) in [5.74, 6) is 0.531. The molecular weight excluding hydrogens is 365 g/mol. The highest BCUT2D eigenvalue weighted by molar-refractivity contribution is 5.79. The molecule has 2 fully saturated rings. The van der Waals surface area contributed by atoms with E-state index in [1.54, 1.807) is 0 Å². The number of carbonyl (C=O) groups excluding carboxylic acids is 1. The van der Waals surface area contributed by atoms with E-state index in [0.29, 0.717) is 5.92 Å². The fraction of sp³-hybridized carbons (Fsp3) is 0.458. The van der Waals surface area contributed by atoms with Gasteiger partial charge in [-0.05, 0) is 61.6 Å². The van der Waals surface area contributed by atoms with Crippen molar-refractivity contribution in [3.8, 4) is 0 Å². The number of amides is 1. The number of hydrogen-bond acceptors (Lipinski definition) is 3. The highest BCUT2D eigenvalue weighted by Gasteiger charge is 2.28. The van der Waals surface area contributed by atoms with Crippen LogP contribution in [0.25, 0.3) is 0 Å². The van der Waals surface area contributed by atoms with Gasteiger partial charge >= 0.3 is 0 Å². The minimum atomic E-state index is -0.203. The van der Waals surface area contributed by atoms with Gasteiger partial charge in [-0.15, -0.1) is 0 Å². The number of nitrogens with zero attached hydrogens (tertiary/aromatic N) is 2. The van der Waals surface area contributed by atoms with Gasteiger partial charge in [0.1, 0.15) is 5.82 Å². The fourth-order valence-corrected chi connectivity index (χ4v) is 4.53. The maximum atomic E-state index is 13.1. The molecule has 2 aliphatic heterocycles. The van der Waals surface area contributed by atoms with Gasteiger partial charge in [-0.3, -0.25) is 9.69 Å². The standard InChI is InChI=1S/C24H30FN3O/c25-22-8-10-23(11-9-22)28-14-12-20(17-28)15-26-24(29)21-7-4-13-27(18-21)16-19-5-2-1-3-6-19/h1-3,5-6,8-11,20-21H,4,7,12-18H2,(H,26,29). The van der Waals surface area contributed by atoms with Gasteiger partial charge in [0.15, 0.2) is 0 Å². The van der Waals surface area contributed by atoms with Gasteiger partial charge in [0.2, 0.25) is 5.91 Å². The zero-order chi connectivity index (χ0) is 20.1. The fourth-order valence-electron chi connectivity index (χ4n) is 4.53. The Bertz CT molecular complexity index is 796. The smallest absolute Gasteiger partial charge is 0.224 e. The molecule has 0 aliphatic carbocycles. The summed E-state index contributed by atoms with van der Waals surface area (Å²) < 4.78 is 13.1. The normalized spacial score (nSPS) is 22.6. The molecule has 0 bridgehead atoms. The lowest BCUT2D eigenvalue weighted by Gasteiger charge is -2.32. The van der Waals surface area contributed by atoms with Crippen LogP contribution in [0.1, 0.15) is 24.8 Å². The van der Waals surface area contributed by atoms with Crippen molar-refractivity contribution in [2.45, 2.75) is 25.8 Å². The van der Waals surface area contributed by atoms with E-state index in [2.05, 4.69) is 39.4 Å². The SMILES string of the molecule is O=C(NCC1CCN(c2ccc(F)cc2)C1)C1CCCN(Cc2ccccc2)C1. The number of likely N-dealkylation sites (tertiary alicyclic amines) is 1. The van der Waals surface area contributed by atoms with Crippen LogP contribution in [0.15, 0.2) is 54.6 Å². The zero-order valence-electron chi connectivity index (χ0n) is 16.9. The molecule has 154 valence electrons. The Kier molecular flexibility index (Phi) is 6.45. The first-order valence-electron chi connectivity index (χ1n) is 10.7. The third kappa shape index (κ3) is 5.36. The minimum Gasteiger partial charge on any atom is -0.371 e. The van der Waals surface area contributed by atoms with E-state index in [0.717, 1.165) is 64.2 Å². The monoisotopic (exact) mass is 395 g/mol. The summed E-state index contributed by atoms with van der Waals surface area (Å²) in [6, 6.07) is 17.2. The predicted octanol–water partition coefficient (Wildman–Crippen LogP) is 3.68. The molecule has 0 spiro atoms. The molecule has 2 heterocycles. The summed E-state index contributed by atoms with van der Waals surface area (Å²) in [5.41, 5.74) is 2.37. The zero-order valence-corrected chi connectivity index (χ0v) is 16.9. The van der Waals surface area contributed by atoms with Crippen molar-refractivity contribution in [1.29, 1.82) is 0 Å². The van der Waals surface area contributed by atoms with E-state index >= 15 is 0 Å². The summed E-state index contributed by atoms with van der Waals surface area (Å²) in [6.07, 6.45) is 3.11. The highest BCUT2D eigenvalue weighted by atomic mass is 19.1. The molecule has 2 atom stereocenters. The molecule has 2 unspecified atom stereocenters. The van der Waals surface area contributed by atoms with E-state index in [9.17, 15) is 9.18 Å². The second-order valence-corrected chi connectivity index (χ2v) is 8.38. The number of rotatable bonds is 6. The Morgan fingerprint density at radius 3 is 2.59 bits per heavy atom. The van der Waals surface area contributed by atoms with Crippen LogP contribution in [-0.4, -0.2) is 43.5 Å². The van der Waals surface area contributed by atoms with Gasteiger partial charge in [-0.1, -0.05) is 30.3 Å². The minimum absolute atomic E-state index is 0.0852. The Morgan fingerprint density at radius 1 is 1.00 bits per heavy atom. The Hall–Kier alpha value is -2.40. The molecule has 1 N–H and O–H groups in total. The molecule has 1 amide bonds. The molecule has 2 saturated heterocycles. The summed E-state index contributed by atoms with van der Waals surface area (Å²) >= 11 is 0. The first-order chi connectivity index (χ1) is 14.2. The maximum Gasteiger partial charge on any atom is 0.224 e. The quantitative estimate of drug-likeness (QED) is 0.811. The van der Waals surface area contributed by atoms with E-state index in [1.165, 1.54) is 17.7 Å². The Balaban J connectivity index is 1.23. The Labute approximate surface area is 172 Å². The molecule has 2 aliphatic rings. The average molecular weight is 396 g/mol. The summed E-state index contributed by atoms with van der Waals surface area (Å²) in [5, 5.41) is 3.21. The number of piperidine rings is 1. The van der Waals surface area contributed by atoms with Crippen molar-refractivity contribution in [1.82, 2.24) is 10.2 Å². The average Bonchev–Trinajstić information content (AvgIpc) is 3.22. The number of nitrogens with one attached hydrogen (secondary N) is 1. The van der Waals surface area contributed by atoms with E-state index in [4.69, 9.17) is 0 Å². The van der Waals surface area contributed by atoms with Crippen LogP contribution >= 0.6 is 0 Å². The van der Waals surface area contributed by atoms with Crippen molar-refractivity contribution >= 4 is 11.6 Å². The topological polar surface area (TPSA) is 35.6 Å². The van der Waals surface area contributed by atoms with Gasteiger partial charge in [-0.2, -0.15) is 0 Å². The second-order valence-electron chi connectivity index (χ2n) is 8.38. The van der Waals surface area contributed by atoms with Gasteiger partial charge in [-0.25, -0.2) is 4.39 Å². The lowest BCUT2D eigenvalue weighted by Crippen LogP contribution is -2.43. The van der Waals surface area contributed by atoms with Crippen molar-refractivity contribution in [2.24, 2.45) is 11.8 Å². The number of halogens is 1. The summed E-state index contributed by atoms with van der Waals surface area (Å²) in [7, 11) is 0. The van der Waals surface area contributed by atoms with Gasteiger partial charge < -0.3 is 10.2 Å². The van der Waals surface area contributed by atoms with Gasteiger partial charge in [0.05, 0.1) is 5.92 Å². The van der Waals surface area contributed by atoms with E-state index in [1.807, 2.05) is 18.2 Å². The van der Waals surface area contributed by atoms with Crippen molar-refractivity contribution < 1.29 is 9.18 Å². The van der Waals surface area contributed by atoms with Crippen LogP contribution in [0, 0.1) is 17.7 Å². The number of benzene rings is 2. The molecule has 2 aromatic carbocycles. The molecule has 29 heavy (non-hydrogen) atoms. The van der Waals surface area contributed by atoms with Crippen molar-refractivity contribution in [3.05, 3.63) is 66.0 Å². The van der Waals surface area contributed by atoms with Crippen LogP contribution in [0.2, 0.25) is 0 Å². The molecule has 4 rings (SSSR count). The van der Waals surface area contributed by atoms with Crippen LogP contribution in [0.3, 0.4) is 0 Å². The third-order valence-corrected chi connectivity index (χ3v) is 6.17. The van der Waals surface area contributed by atoms with Gasteiger partial charge in [0, 0.05) is 38.4 Å². The van der Waals surface area contributed by atoms with Crippen LogP contribution in [0.5, 0.6) is 0 Å². The van der Waals surface area contributed by atoms with Crippen molar-refractivity contribution in [2.75, 3.05) is 37.6 Å². The molecular formula is C24H30FN3O. The van der Waals surface area contributed by atoms with Crippen LogP contribution in [0.4, 0.5) is 10.1 Å². The maximum absolute atomic E-state index is 13.1. The third-order valence-electron chi connectivity index (χ3n) is 6.17. The summed E-state index contributed by atoms with van der Waals surface area (Å²) in [6.45, 7) is 5.42. The molecule has 0 saturated carbocycles. The Morgan fingerprint density at radius 2 is 1.79 bits per heavy atom. The first kappa shape index (κ1) is 19.9. The molecule has 5 heteroatoms. The molecule has 2 aromatic rings. The largest absolute Gasteiger partial charge is 0.371 e. The first-order valence-corrected chi connectivity index (χ1v) is 10.7. The number of carbonyl (C=O) groups is 1. The van der Waals surface area contributed by atoms with E-state index < -0.39 is 0 Å². The van der Waals surface area contributed by atoms with Crippen LogP contribution < -0.4 is 10.2 Å². The lowest BCUT2D eigenvalue weighted by atomic mass is 9.96. The molecule has 4 nitrogen and oxygen atoms in total. The molecule has 0 aromatic heterocycles. The predicted molar refractivity (Wildman–Crippen MR) is 114 cm³/mol. The van der Waals surface area contributed by atoms with Crippen molar-refractivity contribution in [3.63, 3.8) is 0 Å². The van der Waals surface area contributed by atoms with Gasteiger partial charge in [0.25, 0.3) is 0 Å². The van der Waals surface area contributed by atoms with E-state index in [-0.39, 0.29) is 17.6 Å². The van der Waals surface area contributed by atoms with Crippen LogP contribution in [-0.2, 0) is 11.3 Å².